The number of carbonyl (C=O) groups excluding carboxylic acids is 1. The standard InChI is InChI=1S/C17H28O2/c1-12-6-9-15-16(3,10-5-11-17(15,4)19)14(12)8-7-13(2)18/h14-15,19H,1,5-11H2,2-4H3/t14-,15?,16-,17-/m1/s1. The Labute approximate surface area is 117 Å². The van der Waals surface area contributed by atoms with Gasteiger partial charge in [0, 0.05) is 6.42 Å². The molecule has 2 saturated carbocycles. The molecule has 0 heterocycles. The van der Waals surface area contributed by atoms with E-state index in [4.69, 9.17) is 0 Å². The smallest absolute Gasteiger partial charge is 0.129 e. The first kappa shape index (κ1) is 14.8. The van der Waals surface area contributed by atoms with E-state index in [1.807, 2.05) is 6.92 Å². The van der Waals surface area contributed by atoms with E-state index in [0.29, 0.717) is 18.3 Å². The number of aliphatic hydroxyl groups is 1. The minimum absolute atomic E-state index is 0.131. The molecule has 2 fully saturated rings. The van der Waals surface area contributed by atoms with Gasteiger partial charge in [0.05, 0.1) is 5.60 Å². The van der Waals surface area contributed by atoms with E-state index in [1.165, 1.54) is 5.57 Å². The molecule has 0 radical (unpaired) electrons. The summed E-state index contributed by atoms with van der Waals surface area (Å²) in [5, 5.41) is 10.7. The van der Waals surface area contributed by atoms with Crippen LogP contribution < -0.4 is 0 Å². The fourth-order valence-electron chi connectivity index (χ4n) is 4.80. The lowest BCUT2D eigenvalue weighted by atomic mass is 9.50. The first-order valence-electron chi connectivity index (χ1n) is 7.67. The van der Waals surface area contributed by atoms with Crippen LogP contribution in [0.4, 0.5) is 0 Å². The number of carbonyl (C=O) groups is 1. The first-order valence-corrected chi connectivity index (χ1v) is 7.67. The van der Waals surface area contributed by atoms with E-state index >= 15 is 0 Å². The summed E-state index contributed by atoms with van der Waals surface area (Å²) in [6.07, 6.45) is 6.79. The third-order valence-corrected chi connectivity index (χ3v) is 5.77. The second-order valence-corrected chi connectivity index (χ2v) is 7.26. The van der Waals surface area contributed by atoms with Crippen molar-refractivity contribution in [3.8, 4) is 0 Å². The molecule has 0 bridgehead atoms. The number of hydrogen-bond acceptors (Lipinski definition) is 2. The van der Waals surface area contributed by atoms with Crippen LogP contribution >= 0.6 is 0 Å². The van der Waals surface area contributed by atoms with Crippen LogP contribution in [0.25, 0.3) is 0 Å². The van der Waals surface area contributed by atoms with Crippen LogP contribution in [0.15, 0.2) is 12.2 Å². The summed E-state index contributed by atoms with van der Waals surface area (Å²) in [5.74, 6) is 1.03. The average Bonchev–Trinajstić information content (AvgIpc) is 2.26. The number of allylic oxidation sites excluding steroid dienone is 1. The first-order chi connectivity index (χ1) is 8.77. The number of ketones is 1. The topological polar surface area (TPSA) is 37.3 Å². The summed E-state index contributed by atoms with van der Waals surface area (Å²) in [7, 11) is 0. The van der Waals surface area contributed by atoms with E-state index in [0.717, 1.165) is 38.5 Å². The molecule has 0 aromatic carbocycles. The lowest BCUT2D eigenvalue weighted by molar-refractivity contribution is -0.128. The quantitative estimate of drug-likeness (QED) is 0.785. The van der Waals surface area contributed by atoms with E-state index in [1.54, 1.807) is 6.92 Å². The van der Waals surface area contributed by atoms with Crippen molar-refractivity contribution in [3.05, 3.63) is 12.2 Å². The average molecular weight is 264 g/mol. The maximum absolute atomic E-state index is 11.3. The monoisotopic (exact) mass is 264 g/mol. The summed E-state index contributed by atoms with van der Waals surface area (Å²) in [5.41, 5.74) is 0.895. The van der Waals surface area contributed by atoms with Crippen LogP contribution in [0, 0.1) is 17.3 Å². The van der Waals surface area contributed by atoms with Crippen molar-refractivity contribution in [2.45, 2.75) is 71.3 Å². The molecule has 0 amide bonds. The molecule has 0 aromatic rings. The van der Waals surface area contributed by atoms with Crippen LogP contribution in [-0.4, -0.2) is 16.5 Å². The van der Waals surface area contributed by atoms with Gasteiger partial charge in [-0.05, 0) is 63.2 Å². The molecule has 2 aliphatic rings. The normalized spacial score (nSPS) is 42.8. The minimum atomic E-state index is -0.540. The molecule has 1 unspecified atom stereocenters. The van der Waals surface area contributed by atoms with Gasteiger partial charge in [0.2, 0.25) is 0 Å². The fourth-order valence-corrected chi connectivity index (χ4v) is 4.80. The molecule has 108 valence electrons. The van der Waals surface area contributed by atoms with Crippen LogP contribution in [0.3, 0.4) is 0 Å². The summed E-state index contributed by atoms with van der Waals surface area (Å²) in [6, 6.07) is 0. The largest absolute Gasteiger partial charge is 0.390 e. The maximum Gasteiger partial charge on any atom is 0.129 e. The Morgan fingerprint density at radius 2 is 2.11 bits per heavy atom. The Bertz CT molecular complexity index is 383. The second-order valence-electron chi connectivity index (χ2n) is 7.26. The Morgan fingerprint density at radius 3 is 2.74 bits per heavy atom. The lowest BCUT2D eigenvalue weighted by Crippen LogP contribution is -2.53. The molecule has 0 saturated heterocycles. The molecule has 19 heavy (non-hydrogen) atoms. The molecule has 2 nitrogen and oxygen atoms in total. The summed E-state index contributed by atoms with van der Waals surface area (Å²) < 4.78 is 0. The minimum Gasteiger partial charge on any atom is -0.390 e. The van der Waals surface area contributed by atoms with E-state index in [9.17, 15) is 9.90 Å². The van der Waals surface area contributed by atoms with Gasteiger partial charge in [-0.1, -0.05) is 25.5 Å². The zero-order valence-electron chi connectivity index (χ0n) is 12.7. The number of fused-ring (bicyclic) bond motifs is 1. The zero-order chi connectivity index (χ0) is 14.3. The van der Waals surface area contributed by atoms with Crippen molar-refractivity contribution in [1.82, 2.24) is 0 Å². The van der Waals surface area contributed by atoms with Crippen LogP contribution in [0.2, 0.25) is 0 Å². The van der Waals surface area contributed by atoms with Crippen molar-refractivity contribution in [3.63, 3.8) is 0 Å². The van der Waals surface area contributed by atoms with E-state index in [2.05, 4.69) is 13.5 Å². The molecular formula is C17H28O2. The van der Waals surface area contributed by atoms with Gasteiger partial charge in [-0.3, -0.25) is 0 Å². The van der Waals surface area contributed by atoms with Crippen molar-refractivity contribution in [2.24, 2.45) is 17.3 Å². The second kappa shape index (κ2) is 5.05. The molecule has 2 heteroatoms. The predicted molar refractivity (Wildman–Crippen MR) is 77.9 cm³/mol. The van der Waals surface area contributed by atoms with Gasteiger partial charge in [0.15, 0.2) is 0 Å². The van der Waals surface area contributed by atoms with Crippen molar-refractivity contribution in [1.29, 1.82) is 0 Å². The highest BCUT2D eigenvalue weighted by Gasteiger charge is 2.53. The van der Waals surface area contributed by atoms with Gasteiger partial charge in [0.25, 0.3) is 0 Å². The van der Waals surface area contributed by atoms with E-state index < -0.39 is 5.60 Å². The highest BCUT2D eigenvalue weighted by atomic mass is 16.3. The van der Waals surface area contributed by atoms with Crippen molar-refractivity contribution in [2.75, 3.05) is 0 Å². The Morgan fingerprint density at radius 1 is 1.42 bits per heavy atom. The SMILES string of the molecule is C=C1CCC2[C@](C)(CCC[C@@]2(C)O)[C@@H]1CCC(C)=O. The molecule has 0 spiro atoms. The zero-order valence-corrected chi connectivity index (χ0v) is 12.7. The van der Waals surface area contributed by atoms with E-state index in [-0.39, 0.29) is 11.2 Å². The summed E-state index contributed by atoms with van der Waals surface area (Å²) in [4.78, 5) is 11.3. The van der Waals surface area contributed by atoms with Gasteiger partial charge in [-0.25, -0.2) is 0 Å². The van der Waals surface area contributed by atoms with Gasteiger partial charge >= 0.3 is 0 Å². The van der Waals surface area contributed by atoms with Crippen molar-refractivity contribution < 1.29 is 9.90 Å². The highest BCUT2D eigenvalue weighted by Crippen LogP contribution is 2.58. The van der Waals surface area contributed by atoms with Crippen molar-refractivity contribution >= 4 is 5.78 Å². The number of Topliss-reactive ketones (excluding diaryl/α,β-unsaturated/α-hetero) is 1. The molecular weight excluding hydrogens is 236 g/mol. The van der Waals surface area contributed by atoms with Gasteiger partial charge < -0.3 is 9.90 Å². The number of hydrogen-bond donors (Lipinski definition) is 1. The van der Waals surface area contributed by atoms with Crippen LogP contribution in [-0.2, 0) is 4.79 Å². The maximum atomic E-state index is 11.3. The summed E-state index contributed by atoms with van der Waals surface area (Å²) >= 11 is 0. The van der Waals surface area contributed by atoms with Gasteiger partial charge in [0.1, 0.15) is 5.78 Å². The lowest BCUT2D eigenvalue weighted by Gasteiger charge is -2.57. The third kappa shape index (κ3) is 2.65. The Balaban J connectivity index is 2.24. The number of rotatable bonds is 3. The predicted octanol–water partition coefficient (Wildman–Crippen LogP) is 3.88. The third-order valence-electron chi connectivity index (χ3n) is 5.77. The fraction of sp³-hybridized carbons (Fsp3) is 0.824. The Hall–Kier alpha value is -0.630. The molecule has 0 aromatic heterocycles. The summed E-state index contributed by atoms with van der Waals surface area (Å²) in [6.45, 7) is 10.3. The Kier molecular flexibility index (Phi) is 3.92. The highest BCUT2D eigenvalue weighted by molar-refractivity contribution is 5.75. The molecule has 2 aliphatic carbocycles. The molecule has 1 N–H and O–H groups in total. The van der Waals surface area contributed by atoms with Gasteiger partial charge in [-0.2, -0.15) is 0 Å². The molecule has 0 aliphatic heterocycles. The van der Waals surface area contributed by atoms with Crippen LogP contribution in [0.5, 0.6) is 0 Å². The van der Waals surface area contributed by atoms with Crippen LogP contribution in [0.1, 0.15) is 65.7 Å². The molecule has 4 atom stereocenters. The van der Waals surface area contributed by atoms with Gasteiger partial charge in [-0.15, -0.1) is 0 Å². The molecule has 2 rings (SSSR count).